The number of alkyl carbamates (subject to hydrolysis) is 2. The van der Waals surface area contributed by atoms with Crippen LogP contribution in [0.5, 0.6) is 0 Å². The smallest absolute Gasteiger partial charge is 0.453 e. The number of hydrogen-bond donors (Lipinski definition) is 10. The topological polar surface area (TPSA) is 533 Å². The Morgan fingerprint density at radius 3 is 0.907 bits per heavy atom. The van der Waals surface area contributed by atoms with Crippen molar-refractivity contribution in [2.24, 2.45) is 0 Å². The lowest BCUT2D eigenvalue weighted by atomic mass is 10.1. The Bertz CT molecular complexity index is 2060. The van der Waals surface area contributed by atoms with E-state index in [-0.39, 0.29) is 78.8 Å². The number of ether oxygens (including phenoxy) is 6. The van der Waals surface area contributed by atoms with Crippen LogP contribution >= 0.6 is 54.8 Å². The van der Waals surface area contributed by atoms with Crippen LogP contribution in [0.2, 0.25) is 0 Å². The van der Waals surface area contributed by atoms with Gasteiger partial charge in [-0.3, -0.25) is 68.1 Å². The number of carbonyl (C=O) groups is 3. The third kappa shape index (κ3) is 80.2. The Hall–Kier alpha value is -1.38. The van der Waals surface area contributed by atoms with E-state index >= 15 is 0 Å². The largest absolute Gasteiger partial charge is 0.472 e. The first-order chi connectivity index (χ1) is 45.9. The number of methoxy groups -OCH3 is 2. The molecule has 8 atom stereocenters. The van der Waals surface area contributed by atoms with E-state index < -0.39 is 158 Å². The first-order valence-corrected chi connectivity index (χ1v) is 41.8. The molecule has 3 amide bonds. The van der Waals surface area contributed by atoms with Crippen molar-refractivity contribution in [2.45, 2.75) is 148 Å². The molecule has 0 saturated heterocycles. The quantitative estimate of drug-likeness (QED) is 0.0200. The van der Waals surface area contributed by atoms with Gasteiger partial charge < -0.3 is 78.6 Å². The summed E-state index contributed by atoms with van der Waals surface area (Å²) in [6, 6.07) is -0.974. The third-order valence-electron chi connectivity index (χ3n) is 8.99. The normalized spacial score (nSPS) is 15.6. The molecule has 0 aliphatic carbocycles. The van der Waals surface area contributed by atoms with Gasteiger partial charge in [0.1, 0.15) is 12.1 Å². The second kappa shape index (κ2) is 74.3. The summed E-state index contributed by atoms with van der Waals surface area (Å²) in [5.41, 5.74) is 0. The van der Waals surface area contributed by atoms with Crippen LogP contribution in [-0.4, -0.2) is 232 Å². The number of nitrogens with one attached hydrogen (secondary N) is 3. The summed E-state index contributed by atoms with van der Waals surface area (Å²) in [4.78, 5) is 105. The summed E-state index contributed by atoms with van der Waals surface area (Å²) in [5, 5.41) is 7.56. The zero-order chi connectivity index (χ0) is 76.7. The Balaban J connectivity index is -0.000000880. The number of amides is 3. The molecule has 0 fully saturated rings. The molecule has 40 nitrogen and oxygen atoms in total. The molecular weight excluding hydrogens is 1450 g/mol. The van der Waals surface area contributed by atoms with Crippen molar-refractivity contribution in [2.75, 3.05) is 167 Å². The van der Waals surface area contributed by atoms with Crippen LogP contribution in [0.1, 0.15) is 135 Å². The fourth-order valence-corrected chi connectivity index (χ4v) is 9.74. The number of unbranched alkanes of at least 4 members (excludes halogenated alkanes) is 3. The number of rotatable bonds is 56. The van der Waals surface area contributed by atoms with E-state index in [1.165, 1.54) is 7.11 Å². The number of phosphoric ester groups is 7. The Morgan fingerprint density at radius 1 is 0.320 bits per heavy atom. The lowest BCUT2D eigenvalue weighted by molar-refractivity contribution is -0.123. The molecule has 97 heavy (non-hydrogen) atoms. The number of hydrogen-bond acceptors (Lipinski definition) is 30. The minimum Gasteiger partial charge on any atom is -0.453 e. The molecule has 592 valence electrons. The standard InChI is InChI=1S/C36H78N3O37P7.7C2H6/c1-57-35(41)38-12-8-6-10-33(39-36(42)58-2)34(40)37-11-7-5-9-13-65-83(55,56)76-32(30-74-81(51,52)72-28-20-63-18-26-70-79(47,48)68-24-16-61-14-22-66-77(43,44)59-3)31-75-82(53,54)73-29-21-64-19-27-71-80(49,50)69-25-17-62-15-23-67-78(45,46)60-4;7*1-2/h32-33H,5-31H2,1-4H3,(H,37,40)(H,38,41)(H,39,42)(H,43,44)(H,45,46)(H,47,48)(H,49,50)(H,51,52)(H,53,54)(H,55,56);7*1-2H3. The molecule has 0 aromatic heterocycles. The number of carbonyl (C=O) groups excluding carboxylic acids is 3. The highest BCUT2D eigenvalue weighted by atomic mass is 31.2. The molecule has 0 rings (SSSR count). The van der Waals surface area contributed by atoms with E-state index in [2.05, 4.69) is 52.6 Å². The lowest BCUT2D eigenvalue weighted by Gasteiger charge is -2.23. The third-order valence-corrected chi connectivity index (χ3v) is 16.0. The maximum Gasteiger partial charge on any atom is 0.472 e. The van der Waals surface area contributed by atoms with Crippen molar-refractivity contribution in [1.82, 2.24) is 16.0 Å². The van der Waals surface area contributed by atoms with Crippen LogP contribution in [0.4, 0.5) is 9.59 Å². The molecule has 0 spiro atoms. The van der Waals surface area contributed by atoms with Gasteiger partial charge >= 0.3 is 66.9 Å². The molecule has 0 bridgehead atoms. The van der Waals surface area contributed by atoms with Crippen LogP contribution in [0.15, 0.2) is 0 Å². The lowest BCUT2D eigenvalue weighted by Crippen LogP contribution is -2.47. The first kappa shape index (κ1) is 112. The predicted molar refractivity (Wildman–Crippen MR) is 356 cm³/mol. The monoisotopic (exact) mass is 1570 g/mol. The summed E-state index contributed by atoms with van der Waals surface area (Å²) in [6.45, 7) is 19.4. The van der Waals surface area contributed by atoms with Gasteiger partial charge in [-0.2, -0.15) is 0 Å². The predicted octanol–water partition coefficient (Wildman–Crippen LogP) is 9.34. The fraction of sp³-hybridized carbons (Fsp3) is 0.940. The van der Waals surface area contributed by atoms with Crippen LogP contribution in [0.25, 0.3) is 0 Å². The minimum absolute atomic E-state index is 0.103. The van der Waals surface area contributed by atoms with Crippen molar-refractivity contribution in [3.8, 4) is 0 Å². The van der Waals surface area contributed by atoms with Crippen LogP contribution in [0, 0.1) is 0 Å². The maximum atomic E-state index is 13.0. The Kier molecular flexibility index (Phi) is 85.5. The molecule has 0 aromatic rings. The molecule has 0 aromatic carbocycles. The fourth-order valence-electron chi connectivity index (χ4n) is 5.16. The molecule has 0 aliphatic rings. The molecule has 10 N–H and O–H groups in total. The highest BCUT2D eigenvalue weighted by Gasteiger charge is 2.33. The van der Waals surface area contributed by atoms with Gasteiger partial charge in [0, 0.05) is 27.3 Å². The van der Waals surface area contributed by atoms with Gasteiger partial charge in [0.15, 0.2) is 0 Å². The highest BCUT2D eigenvalue weighted by molar-refractivity contribution is 7.49. The average molecular weight is 1570 g/mol. The van der Waals surface area contributed by atoms with Gasteiger partial charge in [0.2, 0.25) is 5.91 Å². The number of phosphoric acid groups is 7. The maximum absolute atomic E-state index is 13.0. The van der Waals surface area contributed by atoms with E-state index in [0.717, 1.165) is 21.3 Å². The zero-order valence-electron chi connectivity index (χ0n) is 59.8. The molecule has 47 heteroatoms. The molecule has 0 heterocycles. The molecular formula is C50H120N3O37P7. The van der Waals surface area contributed by atoms with Crippen LogP contribution < -0.4 is 16.0 Å². The average Bonchev–Trinajstić information content (AvgIpc) is 1.05. The van der Waals surface area contributed by atoms with Gasteiger partial charge in [0.05, 0.1) is 140 Å². The van der Waals surface area contributed by atoms with Crippen LogP contribution in [0.3, 0.4) is 0 Å². The van der Waals surface area contributed by atoms with Crippen molar-refractivity contribution in [1.29, 1.82) is 0 Å². The van der Waals surface area contributed by atoms with Crippen molar-refractivity contribution >= 4 is 72.9 Å². The summed E-state index contributed by atoms with van der Waals surface area (Å²) < 4.78 is 180. The molecule has 8 unspecified atom stereocenters. The Morgan fingerprint density at radius 2 is 0.598 bits per heavy atom. The summed E-state index contributed by atoms with van der Waals surface area (Å²) in [5.74, 6) is -0.534. The van der Waals surface area contributed by atoms with E-state index in [4.69, 9.17) is 64.9 Å². The molecule has 0 radical (unpaired) electrons. The van der Waals surface area contributed by atoms with E-state index in [0.29, 0.717) is 25.7 Å². The van der Waals surface area contributed by atoms with E-state index in [1.54, 1.807) is 0 Å². The highest BCUT2D eigenvalue weighted by Crippen LogP contribution is 2.50. The van der Waals surface area contributed by atoms with Gasteiger partial charge in [-0.05, 0) is 38.5 Å². The Labute approximate surface area is 573 Å². The van der Waals surface area contributed by atoms with Crippen LogP contribution in [-0.2, 0) is 129 Å². The van der Waals surface area contributed by atoms with Crippen molar-refractivity contribution in [3.63, 3.8) is 0 Å². The van der Waals surface area contributed by atoms with Crippen molar-refractivity contribution in [3.05, 3.63) is 0 Å². The minimum atomic E-state index is -5.13. The summed E-state index contributed by atoms with van der Waals surface area (Å²) in [7, 11) is -28.6. The van der Waals surface area contributed by atoms with E-state index in [1.807, 2.05) is 96.9 Å². The van der Waals surface area contributed by atoms with Gasteiger partial charge in [0.25, 0.3) is 0 Å². The van der Waals surface area contributed by atoms with Crippen molar-refractivity contribution < 1.29 is 172 Å². The summed E-state index contributed by atoms with van der Waals surface area (Å²) >= 11 is 0. The van der Waals surface area contributed by atoms with Gasteiger partial charge in [-0.15, -0.1) is 0 Å². The van der Waals surface area contributed by atoms with E-state index in [9.17, 15) is 70.8 Å². The summed E-state index contributed by atoms with van der Waals surface area (Å²) in [6.07, 6.45) is -1.61. The zero-order valence-corrected chi connectivity index (χ0v) is 66.0. The van der Waals surface area contributed by atoms with Gasteiger partial charge in [-0.1, -0.05) is 96.9 Å². The second-order valence-corrected chi connectivity index (χ2v) is 25.7. The molecule has 0 saturated carbocycles. The SMILES string of the molecule is CC.CC.CC.CC.CC.CC.CC.COC(=O)NCCCCC(NC(=O)OC)C(=O)NCCCCCOP(=O)(O)OC(COP(=O)(O)OCCOCCOP(=O)(O)OCCOCCOP(=O)(O)OC)COP(=O)(O)OCCOCCOP(=O)(O)OCCOCCOP(=O)(O)OC. The van der Waals surface area contributed by atoms with Gasteiger partial charge in [-0.25, -0.2) is 41.5 Å². The first-order valence-electron chi connectivity index (χ1n) is 31.4. The molecule has 0 aliphatic heterocycles. The second-order valence-electron chi connectivity index (χ2n) is 15.4.